The summed E-state index contributed by atoms with van der Waals surface area (Å²) in [7, 11) is -4.00. The number of hydrogen-bond donors (Lipinski definition) is 2. The number of sulfonamides is 1. The van der Waals surface area contributed by atoms with Crippen molar-refractivity contribution >= 4 is 21.4 Å². The zero-order chi connectivity index (χ0) is 14.2. The molecule has 1 aromatic carbocycles. The molecule has 6 nitrogen and oxygen atoms in total. The summed E-state index contributed by atoms with van der Waals surface area (Å²) in [6.07, 6.45) is 0. The van der Waals surface area contributed by atoms with E-state index in [0.29, 0.717) is 0 Å². The Morgan fingerprint density at radius 2 is 2.05 bits per heavy atom. The molecule has 8 heteroatoms. The molecule has 2 aromatic rings. The Hall–Kier alpha value is -2.09. The van der Waals surface area contributed by atoms with Crippen LogP contribution in [0.2, 0.25) is 0 Å². The van der Waals surface area contributed by atoms with Crippen LogP contribution in [-0.2, 0) is 10.0 Å². The average molecular weight is 285 g/mol. The highest BCUT2D eigenvalue weighted by molar-refractivity contribution is 7.92. The summed E-state index contributed by atoms with van der Waals surface area (Å²) in [4.78, 5) is -0.116. The van der Waals surface area contributed by atoms with Gasteiger partial charge in [0.15, 0.2) is 10.7 Å². The number of para-hydroxylation sites is 1. The van der Waals surface area contributed by atoms with Crippen molar-refractivity contribution in [3.8, 4) is 0 Å². The standard InChI is InChI=1S/C11H12FN3O3S/c1-6-11(7(2)18-14-6)19(16,17)15-10-8(12)4-3-5-9(10)13/h3-5,15H,13H2,1-2H3. The Balaban J connectivity index is 2.49. The molecule has 3 N–H and O–H groups in total. The first kappa shape index (κ1) is 13.3. The van der Waals surface area contributed by atoms with Gasteiger partial charge < -0.3 is 10.3 Å². The first-order chi connectivity index (χ1) is 8.83. The molecule has 1 aromatic heterocycles. The fourth-order valence-electron chi connectivity index (χ4n) is 1.69. The molecule has 0 fully saturated rings. The van der Waals surface area contributed by atoms with E-state index in [1.807, 2.05) is 0 Å². The number of nitrogens with zero attached hydrogens (tertiary/aromatic N) is 1. The molecule has 2 rings (SSSR count). The van der Waals surface area contributed by atoms with Crippen LogP contribution in [0.4, 0.5) is 15.8 Å². The van der Waals surface area contributed by atoms with Gasteiger partial charge >= 0.3 is 0 Å². The molecule has 0 saturated heterocycles. The van der Waals surface area contributed by atoms with Gasteiger partial charge in [0.2, 0.25) is 0 Å². The van der Waals surface area contributed by atoms with Crippen LogP contribution >= 0.6 is 0 Å². The van der Waals surface area contributed by atoms with Gasteiger partial charge in [-0.3, -0.25) is 4.72 Å². The molecular weight excluding hydrogens is 273 g/mol. The van der Waals surface area contributed by atoms with E-state index in [9.17, 15) is 12.8 Å². The number of nitrogen functional groups attached to an aromatic ring is 1. The minimum absolute atomic E-state index is 0.00432. The lowest BCUT2D eigenvalue weighted by molar-refractivity contribution is 0.390. The van der Waals surface area contributed by atoms with E-state index in [2.05, 4.69) is 9.88 Å². The third-order valence-corrected chi connectivity index (χ3v) is 4.11. The Kier molecular flexibility index (Phi) is 3.19. The van der Waals surface area contributed by atoms with Crippen LogP contribution < -0.4 is 10.5 Å². The van der Waals surface area contributed by atoms with Crippen molar-refractivity contribution in [3.05, 3.63) is 35.5 Å². The monoisotopic (exact) mass is 285 g/mol. The molecule has 0 bridgehead atoms. The summed E-state index contributed by atoms with van der Waals surface area (Å²) in [6.45, 7) is 2.94. The van der Waals surface area contributed by atoms with Crippen LogP contribution in [-0.4, -0.2) is 13.6 Å². The van der Waals surface area contributed by atoms with Crippen LogP contribution in [0, 0.1) is 19.7 Å². The number of halogens is 1. The zero-order valence-electron chi connectivity index (χ0n) is 10.3. The minimum Gasteiger partial charge on any atom is -0.397 e. The van der Waals surface area contributed by atoms with Crippen molar-refractivity contribution in [3.63, 3.8) is 0 Å². The predicted molar refractivity (Wildman–Crippen MR) is 67.6 cm³/mol. The normalized spacial score (nSPS) is 11.5. The fourth-order valence-corrected chi connectivity index (χ4v) is 3.12. The van der Waals surface area contributed by atoms with E-state index in [1.165, 1.54) is 26.0 Å². The lowest BCUT2D eigenvalue weighted by Crippen LogP contribution is -2.16. The summed E-state index contributed by atoms with van der Waals surface area (Å²) < 4.78 is 44.8. The Morgan fingerprint density at radius 3 is 2.58 bits per heavy atom. The second-order valence-corrected chi connectivity index (χ2v) is 5.58. The van der Waals surface area contributed by atoms with Gasteiger partial charge in [0.05, 0.1) is 5.69 Å². The zero-order valence-corrected chi connectivity index (χ0v) is 11.1. The molecule has 0 radical (unpaired) electrons. The van der Waals surface area contributed by atoms with Gasteiger partial charge in [0.1, 0.15) is 17.2 Å². The molecule has 0 aliphatic carbocycles. The molecule has 102 valence electrons. The molecule has 0 aliphatic rings. The molecule has 0 atom stereocenters. The summed E-state index contributed by atoms with van der Waals surface area (Å²) in [5, 5.41) is 3.55. The van der Waals surface area contributed by atoms with E-state index >= 15 is 0 Å². The van der Waals surface area contributed by atoms with Gasteiger partial charge in [-0.25, -0.2) is 12.8 Å². The van der Waals surface area contributed by atoms with Gasteiger partial charge in [0.25, 0.3) is 10.0 Å². The molecule has 1 heterocycles. The van der Waals surface area contributed by atoms with Crippen molar-refractivity contribution in [1.82, 2.24) is 5.16 Å². The number of rotatable bonds is 3. The van der Waals surface area contributed by atoms with Crippen LogP contribution in [0.25, 0.3) is 0 Å². The van der Waals surface area contributed by atoms with Crippen LogP contribution in [0.15, 0.2) is 27.6 Å². The number of hydrogen-bond acceptors (Lipinski definition) is 5. The summed E-state index contributed by atoms with van der Waals surface area (Å²) >= 11 is 0. The maximum absolute atomic E-state index is 13.6. The van der Waals surface area contributed by atoms with Gasteiger partial charge in [-0.1, -0.05) is 11.2 Å². The van der Waals surface area contributed by atoms with Gasteiger partial charge in [-0.2, -0.15) is 0 Å². The lowest BCUT2D eigenvalue weighted by Gasteiger charge is -2.10. The third-order valence-electron chi connectivity index (χ3n) is 2.52. The maximum Gasteiger partial charge on any atom is 0.267 e. The minimum atomic E-state index is -4.00. The van der Waals surface area contributed by atoms with Crippen LogP contribution in [0.1, 0.15) is 11.5 Å². The lowest BCUT2D eigenvalue weighted by atomic mass is 10.3. The topological polar surface area (TPSA) is 98.2 Å². The number of nitrogens with one attached hydrogen (secondary N) is 1. The van der Waals surface area contributed by atoms with Crippen molar-refractivity contribution in [2.45, 2.75) is 18.7 Å². The van der Waals surface area contributed by atoms with Gasteiger partial charge in [-0.05, 0) is 26.0 Å². The quantitative estimate of drug-likeness (QED) is 0.838. The third kappa shape index (κ3) is 2.39. The molecule has 0 amide bonds. The number of benzene rings is 1. The molecule has 0 unspecified atom stereocenters. The van der Waals surface area contributed by atoms with Crippen LogP contribution in [0.5, 0.6) is 0 Å². The molecule has 0 saturated carbocycles. The van der Waals surface area contributed by atoms with Crippen molar-refractivity contribution in [2.24, 2.45) is 0 Å². The summed E-state index contributed by atoms with van der Waals surface area (Å²) in [5.41, 5.74) is 5.45. The molecule has 19 heavy (non-hydrogen) atoms. The smallest absolute Gasteiger partial charge is 0.267 e. The number of anilines is 2. The van der Waals surface area contributed by atoms with E-state index < -0.39 is 15.8 Å². The van der Waals surface area contributed by atoms with E-state index in [-0.39, 0.29) is 27.7 Å². The van der Waals surface area contributed by atoms with Crippen LogP contribution in [0.3, 0.4) is 0 Å². The number of nitrogens with two attached hydrogens (primary N) is 1. The number of aromatic nitrogens is 1. The van der Waals surface area contributed by atoms with E-state index in [1.54, 1.807) is 0 Å². The molecular formula is C11H12FN3O3S. The second-order valence-electron chi connectivity index (χ2n) is 3.96. The van der Waals surface area contributed by atoms with E-state index in [4.69, 9.17) is 10.3 Å². The van der Waals surface area contributed by atoms with E-state index in [0.717, 1.165) is 6.07 Å². The summed E-state index contributed by atoms with van der Waals surface area (Å²) in [5.74, 6) is -0.629. The fraction of sp³-hybridized carbons (Fsp3) is 0.182. The Morgan fingerprint density at radius 1 is 1.37 bits per heavy atom. The first-order valence-electron chi connectivity index (χ1n) is 5.32. The van der Waals surface area contributed by atoms with Crippen molar-refractivity contribution in [1.29, 1.82) is 0 Å². The second kappa shape index (κ2) is 4.54. The highest BCUT2D eigenvalue weighted by Crippen LogP contribution is 2.27. The maximum atomic E-state index is 13.6. The Labute approximate surface area is 109 Å². The average Bonchev–Trinajstić information content (AvgIpc) is 2.64. The van der Waals surface area contributed by atoms with Crippen molar-refractivity contribution in [2.75, 3.05) is 10.5 Å². The molecule has 0 spiro atoms. The van der Waals surface area contributed by atoms with Gasteiger partial charge in [-0.15, -0.1) is 0 Å². The van der Waals surface area contributed by atoms with Gasteiger partial charge in [0, 0.05) is 0 Å². The molecule has 0 aliphatic heterocycles. The first-order valence-corrected chi connectivity index (χ1v) is 6.81. The highest BCUT2D eigenvalue weighted by atomic mass is 32.2. The Bertz CT molecular complexity index is 685. The predicted octanol–water partition coefficient (Wildman–Crippen LogP) is 1.81. The number of aryl methyl sites for hydroxylation is 2. The summed E-state index contributed by atoms with van der Waals surface area (Å²) in [6, 6.07) is 3.90. The highest BCUT2D eigenvalue weighted by Gasteiger charge is 2.25. The SMILES string of the molecule is Cc1noc(C)c1S(=O)(=O)Nc1c(N)cccc1F. The largest absolute Gasteiger partial charge is 0.397 e. The van der Waals surface area contributed by atoms with Crippen molar-refractivity contribution < 1.29 is 17.3 Å².